The van der Waals surface area contributed by atoms with E-state index in [2.05, 4.69) is 11.1 Å². The molecule has 0 spiro atoms. The summed E-state index contributed by atoms with van der Waals surface area (Å²) in [5.74, 6) is -2.36. The van der Waals surface area contributed by atoms with Gasteiger partial charge in [-0.25, -0.2) is 9.36 Å². The van der Waals surface area contributed by atoms with E-state index in [0.717, 1.165) is 21.1 Å². The standard InChI is InChI=1S/C32H28ClN5O4/c1-16-19(6-4-8-24(16)38-26(39)14-25-22(33)7-5-11-37(25)31(38)41)27-17(15-34)12-21(30(35)40)29-28(27)20-10-9-18(32(2,3)42)13-23(20)36-29/h4-11,13-14,17,21,27,36,42H,12H2,1-3H3,(H2,35,40)/t17-,21-,27?/m0/s1. The zero-order valence-corrected chi connectivity index (χ0v) is 23.9. The SMILES string of the molecule is Cc1c(C2c3c([nH]c4cc(C(C)(C)O)ccc34)[C@@H](C(N)=O)C[C@H]2C#N)cccc1-n1c(=O)cc2c(Cl)cccn2c1=O. The molecule has 4 N–H and O–H groups in total. The molecule has 3 heterocycles. The van der Waals surface area contributed by atoms with Crippen molar-refractivity contribution < 1.29 is 9.90 Å². The van der Waals surface area contributed by atoms with E-state index in [0.29, 0.717) is 33.5 Å². The summed E-state index contributed by atoms with van der Waals surface area (Å²) in [6.07, 6.45) is 1.76. The van der Waals surface area contributed by atoms with Gasteiger partial charge in [-0.15, -0.1) is 0 Å². The molecule has 2 aromatic carbocycles. The predicted molar refractivity (Wildman–Crippen MR) is 160 cm³/mol. The van der Waals surface area contributed by atoms with Gasteiger partial charge >= 0.3 is 5.69 Å². The number of pyridine rings is 1. The van der Waals surface area contributed by atoms with Crippen molar-refractivity contribution in [1.29, 1.82) is 5.26 Å². The Morgan fingerprint density at radius 2 is 1.93 bits per heavy atom. The largest absolute Gasteiger partial charge is 0.386 e. The van der Waals surface area contributed by atoms with Crippen LogP contribution in [0.5, 0.6) is 0 Å². The van der Waals surface area contributed by atoms with Gasteiger partial charge < -0.3 is 15.8 Å². The van der Waals surface area contributed by atoms with Gasteiger partial charge in [0.1, 0.15) is 0 Å². The number of carbonyl (C=O) groups excluding carboxylic acids is 1. The average Bonchev–Trinajstić information content (AvgIpc) is 3.32. The highest BCUT2D eigenvalue weighted by Crippen LogP contribution is 2.49. The van der Waals surface area contributed by atoms with Gasteiger partial charge in [0.05, 0.1) is 39.7 Å². The number of benzene rings is 2. The van der Waals surface area contributed by atoms with Crippen molar-refractivity contribution in [2.75, 3.05) is 0 Å². The number of nitrogens with two attached hydrogens (primary N) is 1. The van der Waals surface area contributed by atoms with Crippen LogP contribution in [0, 0.1) is 24.2 Å². The lowest BCUT2D eigenvalue weighted by Crippen LogP contribution is -2.36. The van der Waals surface area contributed by atoms with Gasteiger partial charge in [-0.3, -0.25) is 14.0 Å². The van der Waals surface area contributed by atoms with Crippen LogP contribution in [0.3, 0.4) is 0 Å². The number of amides is 1. The fourth-order valence-electron chi connectivity index (χ4n) is 6.32. The first-order chi connectivity index (χ1) is 19.9. The molecule has 9 nitrogen and oxygen atoms in total. The van der Waals surface area contributed by atoms with Crippen molar-refractivity contribution in [1.82, 2.24) is 14.0 Å². The maximum Gasteiger partial charge on any atom is 0.340 e. The number of fused-ring (bicyclic) bond motifs is 4. The molecular formula is C32H28ClN5O4. The van der Waals surface area contributed by atoms with Crippen molar-refractivity contribution in [2.45, 2.75) is 44.6 Å². The molecule has 212 valence electrons. The molecule has 1 aliphatic rings. The van der Waals surface area contributed by atoms with Crippen LogP contribution in [-0.2, 0) is 10.4 Å². The van der Waals surface area contributed by atoms with Gasteiger partial charge in [-0.1, -0.05) is 35.9 Å². The van der Waals surface area contributed by atoms with Crippen LogP contribution in [0.25, 0.3) is 22.1 Å². The maximum atomic E-state index is 13.6. The Hall–Kier alpha value is -4.65. The molecule has 1 amide bonds. The number of primary amides is 1. The summed E-state index contributed by atoms with van der Waals surface area (Å²) in [6.45, 7) is 5.20. The minimum Gasteiger partial charge on any atom is -0.386 e. The third-order valence-corrected chi connectivity index (χ3v) is 8.74. The van der Waals surface area contributed by atoms with E-state index >= 15 is 0 Å². The first-order valence-corrected chi connectivity index (χ1v) is 13.9. The number of nitrogens with one attached hydrogen (secondary N) is 1. The van der Waals surface area contributed by atoms with E-state index in [1.807, 2.05) is 31.2 Å². The molecule has 6 rings (SSSR count). The summed E-state index contributed by atoms with van der Waals surface area (Å²) >= 11 is 6.25. The van der Waals surface area contributed by atoms with Crippen LogP contribution in [0.4, 0.5) is 0 Å². The number of hydrogen-bond acceptors (Lipinski definition) is 5. The molecule has 42 heavy (non-hydrogen) atoms. The van der Waals surface area contributed by atoms with Crippen molar-refractivity contribution >= 4 is 33.9 Å². The molecule has 0 radical (unpaired) electrons. The van der Waals surface area contributed by atoms with Crippen LogP contribution in [-0.4, -0.2) is 25.0 Å². The smallest absolute Gasteiger partial charge is 0.340 e. The zero-order valence-electron chi connectivity index (χ0n) is 23.2. The van der Waals surface area contributed by atoms with Crippen LogP contribution >= 0.6 is 11.6 Å². The van der Waals surface area contributed by atoms with Crippen molar-refractivity contribution in [3.63, 3.8) is 0 Å². The summed E-state index contributed by atoms with van der Waals surface area (Å²) in [7, 11) is 0. The molecule has 5 aromatic rings. The first kappa shape index (κ1) is 27.5. The van der Waals surface area contributed by atoms with Gasteiger partial charge in [0.15, 0.2) is 0 Å². The second kappa shape index (κ2) is 9.72. The fourth-order valence-corrected chi connectivity index (χ4v) is 6.54. The van der Waals surface area contributed by atoms with Gasteiger partial charge in [0.25, 0.3) is 5.56 Å². The number of nitriles is 1. The van der Waals surface area contributed by atoms with Crippen molar-refractivity contribution in [2.24, 2.45) is 11.7 Å². The number of halogens is 1. The minimum atomic E-state index is -1.09. The molecule has 0 saturated heterocycles. The molecule has 0 aliphatic heterocycles. The van der Waals surface area contributed by atoms with Gasteiger partial charge in [-0.2, -0.15) is 5.26 Å². The van der Waals surface area contributed by atoms with Crippen LogP contribution in [0.1, 0.15) is 60.1 Å². The summed E-state index contributed by atoms with van der Waals surface area (Å²) in [6, 6.07) is 17.8. The van der Waals surface area contributed by atoms with E-state index in [-0.39, 0.29) is 11.4 Å². The topological polar surface area (TPSA) is 146 Å². The van der Waals surface area contributed by atoms with Crippen molar-refractivity contribution in [3.05, 3.63) is 115 Å². The van der Waals surface area contributed by atoms with Gasteiger partial charge in [0, 0.05) is 34.8 Å². The third-order valence-electron chi connectivity index (χ3n) is 8.42. The summed E-state index contributed by atoms with van der Waals surface area (Å²) < 4.78 is 2.42. The van der Waals surface area contributed by atoms with Crippen molar-refractivity contribution in [3.8, 4) is 11.8 Å². The first-order valence-electron chi connectivity index (χ1n) is 13.5. The highest BCUT2D eigenvalue weighted by atomic mass is 35.5. The Kier molecular flexibility index (Phi) is 6.37. The second-order valence-corrected chi connectivity index (χ2v) is 11.8. The van der Waals surface area contributed by atoms with E-state index in [1.165, 1.54) is 10.5 Å². The second-order valence-electron chi connectivity index (χ2n) is 11.4. The molecule has 0 bridgehead atoms. The molecule has 0 fully saturated rings. The summed E-state index contributed by atoms with van der Waals surface area (Å²) in [5, 5.41) is 22.0. The third kappa shape index (κ3) is 4.14. The molecular weight excluding hydrogens is 554 g/mol. The number of rotatable bonds is 4. The number of hydrogen-bond donors (Lipinski definition) is 3. The molecule has 3 aromatic heterocycles. The highest BCUT2D eigenvalue weighted by molar-refractivity contribution is 6.33. The lowest BCUT2D eigenvalue weighted by Gasteiger charge is -2.33. The molecule has 1 unspecified atom stereocenters. The van der Waals surface area contributed by atoms with Gasteiger partial charge in [0.2, 0.25) is 5.91 Å². The predicted octanol–water partition coefficient (Wildman–Crippen LogP) is 4.37. The Bertz CT molecular complexity index is 2090. The van der Waals surface area contributed by atoms with Gasteiger partial charge in [-0.05, 0) is 73.7 Å². The van der Waals surface area contributed by atoms with Crippen LogP contribution < -0.4 is 17.0 Å². The monoisotopic (exact) mass is 581 g/mol. The lowest BCUT2D eigenvalue weighted by molar-refractivity contribution is -0.120. The number of aromatic amines is 1. The number of nitrogens with zero attached hydrogens (tertiary/aromatic N) is 3. The van der Waals surface area contributed by atoms with Crippen LogP contribution in [0.15, 0.2) is 70.4 Å². The lowest BCUT2D eigenvalue weighted by atomic mass is 9.69. The zero-order chi connectivity index (χ0) is 30.1. The van der Waals surface area contributed by atoms with E-state index in [4.69, 9.17) is 17.3 Å². The Morgan fingerprint density at radius 3 is 2.62 bits per heavy atom. The summed E-state index contributed by atoms with van der Waals surface area (Å²) in [5.41, 5.74) is 8.53. The summed E-state index contributed by atoms with van der Waals surface area (Å²) in [4.78, 5) is 42.8. The normalized spacial score (nSPS) is 18.6. The fraction of sp³-hybridized carbons (Fsp3) is 0.250. The molecule has 1 aliphatic carbocycles. The molecule has 10 heteroatoms. The maximum absolute atomic E-state index is 13.6. The Morgan fingerprint density at radius 1 is 1.17 bits per heavy atom. The molecule has 0 saturated carbocycles. The number of carbonyl (C=O) groups is 1. The number of aromatic nitrogens is 3. The minimum absolute atomic E-state index is 0.204. The highest BCUT2D eigenvalue weighted by Gasteiger charge is 2.42. The molecule has 3 atom stereocenters. The quantitative estimate of drug-likeness (QED) is 0.288. The van der Waals surface area contributed by atoms with E-state index < -0.39 is 40.5 Å². The van der Waals surface area contributed by atoms with Crippen LogP contribution in [0.2, 0.25) is 5.02 Å². The number of H-pyrrole nitrogens is 1. The van der Waals surface area contributed by atoms with E-state index in [9.17, 15) is 24.8 Å². The Labute approximate surface area is 245 Å². The number of aliphatic hydroxyl groups is 1. The van der Waals surface area contributed by atoms with E-state index in [1.54, 1.807) is 44.3 Å². The average molecular weight is 582 g/mol. The Balaban J connectivity index is 1.62.